The fraction of sp³-hybridized carbons (Fsp3) is 0.643. The topological polar surface area (TPSA) is 107 Å². The van der Waals surface area contributed by atoms with Gasteiger partial charge >= 0.3 is 5.97 Å². The van der Waals surface area contributed by atoms with Crippen LogP contribution in [0.1, 0.15) is 26.2 Å². The molecule has 6 nitrogen and oxygen atoms in total. The van der Waals surface area contributed by atoms with E-state index in [0.29, 0.717) is 12.8 Å². The number of aliphatic hydroxyl groups is 4. The highest BCUT2D eigenvalue weighted by atomic mass is 16.5. The lowest BCUT2D eigenvalue weighted by Crippen LogP contribution is -2.43. The van der Waals surface area contributed by atoms with E-state index in [4.69, 9.17) is 4.74 Å². The molecule has 0 saturated carbocycles. The standard InChI is InChI=1S/C14H22O6/c1-9-5-3-2-4-6-10(15)13(18)14(19)11(16)7-8-12(17)20-9/h4,6-11,13-16,18-19H,2-3,5H2,1H3/b6-4-,8-7+/t9?,10-,11+,13+,14+/m0/s1. The summed E-state index contributed by atoms with van der Waals surface area (Å²) in [5.74, 6) is -0.619. The van der Waals surface area contributed by atoms with Crippen LogP contribution in [-0.2, 0) is 9.53 Å². The van der Waals surface area contributed by atoms with Crippen LogP contribution >= 0.6 is 0 Å². The molecular formula is C14H22O6. The van der Waals surface area contributed by atoms with Crippen LogP contribution in [0.4, 0.5) is 0 Å². The minimum atomic E-state index is -1.60. The van der Waals surface area contributed by atoms with E-state index >= 15 is 0 Å². The molecule has 0 bridgehead atoms. The second-order valence-corrected chi connectivity index (χ2v) is 4.93. The first kappa shape index (κ1) is 16.8. The summed E-state index contributed by atoms with van der Waals surface area (Å²) >= 11 is 0. The van der Waals surface area contributed by atoms with Gasteiger partial charge in [0.15, 0.2) is 0 Å². The van der Waals surface area contributed by atoms with Crippen molar-refractivity contribution in [3.05, 3.63) is 24.3 Å². The van der Waals surface area contributed by atoms with E-state index in [1.165, 1.54) is 6.08 Å². The lowest BCUT2D eigenvalue weighted by Gasteiger charge is -2.23. The van der Waals surface area contributed by atoms with Crippen molar-refractivity contribution in [2.75, 3.05) is 0 Å². The van der Waals surface area contributed by atoms with Gasteiger partial charge in [-0.25, -0.2) is 4.79 Å². The maximum atomic E-state index is 11.4. The van der Waals surface area contributed by atoms with Crippen molar-refractivity contribution in [1.29, 1.82) is 0 Å². The van der Waals surface area contributed by atoms with E-state index in [1.54, 1.807) is 13.0 Å². The summed E-state index contributed by atoms with van der Waals surface area (Å²) in [5, 5.41) is 38.6. The average Bonchev–Trinajstić information content (AvgIpc) is 2.41. The fourth-order valence-electron chi connectivity index (χ4n) is 1.86. The molecule has 0 radical (unpaired) electrons. The SMILES string of the molecule is CC1CCC/C=C\[C@H](O)[C@@H](O)[C@H](O)[C@H](O)/C=C/C(=O)O1. The molecule has 114 valence electrons. The zero-order chi connectivity index (χ0) is 15.1. The first-order chi connectivity index (χ1) is 9.41. The highest BCUT2D eigenvalue weighted by molar-refractivity contribution is 5.82. The Kier molecular flexibility index (Phi) is 6.87. The lowest BCUT2D eigenvalue weighted by molar-refractivity contribution is -0.142. The van der Waals surface area contributed by atoms with E-state index in [0.717, 1.165) is 18.6 Å². The second kappa shape index (κ2) is 8.16. The number of allylic oxidation sites excluding steroid dienone is 1. The first-order valence-electron chi connectivity index (χ1n) is 6.69. The molecule has 1 aliphatic heterocycles. The molecule has 0 aromatic rings. The van der Waals surface area contributed by atoms with Crippen molar-refractivity contribution in [2.45, 2.75) is 56.7 Å². The van der Waals surface area contributed by atoms with Gasteiger partial charge in [0.25, 0.3) is 0 Å². The molecule has 1 rings (SSSR count). The van der Waals surface area contributed by atoms with Gasteiger partial charge in [-0.15, -0.1) is 0 Å². The minimum absolute atomic E-state index is 0.249. The van der Waals surface area contributed by atoms with Crippen LogP contribution in [-0.4, -0.2) is 56.9 Å². The molecule has 0 saturated heterocycles. The zero-order valence-corrected chi connectivity index (χ0v) is 11.4. The van der Waals surface area contributed by atoms with Crippen LogP contribution in [0.2, 0.25) is 0 Å². The van der Waals surface area contributed by atoms with Gasteiger partial charge in [0, 0.05) is 6.08 Å². The summed E-state index contributed by atoms with van der Waals surface area (Å²) < 4.78 is 5.07. The van der Waals surface area contributed by atoms with Gasteiger partial charge in [0.1, 0.15) is 24.4 Å². The van der Waals surface area contributed by atoms with Crippen LogP contribution in [0.3, 0.4) is 0 Å². The van der Waals surface area contributed by atoms with Crippen LogP contribution in [0.5, 0.6) is 0 Å². The molecule has 0 fully saturated rings. The summed E-state index contributed by atoms with van der Waals surface area (Å²) in [4.78, 5) is 11.4. The van der Waals surface area contributed by atoms with Gasteiger partial charge in [-0.1, -0.05) is 12.2 Å². The predicted octanol–water partition coefficient (Wildman–Crippen LogP) is -0.342. The molecule has 6 heteroatoms. The van der Waals surface area contributed by atoms with Crippen molar-refractivity contribution in [3.63, 3.8) is 0 Å². The van der Waals surface area contributed by atoms with Crippen molar-refractivity contribution in [1.82, 2.24) is 0 Å². The van der Waals surface area contributed by atoms with Crippen molar-refractivity contribution in [2.24, 2.45) is 0 Å². The number of carbonyl (C=O) groups is 1. The number of rotatable bonds is 0. The van der Waals surface area contributed by atoms with Gasteiger partial charge in [0.2, 0.25) is 0 Å². The Labute approximate surface area is 118 Å². The second-order valence-electron chi connectivity index (χ2n) is 4.93. The third-order valence-corrected chi connectivity index (χ3v) is 3.11. The van der Waals surface area contributed by atoms with Crippen LogP contribution < -0.4 is 0 Å². The molecule has 0 aromatic carbocycles. The molecule has 5 atom stereocenters. The summed E-state index contributed by atoms with van der Waals surface area (Å²) in [6.07, 6.45) is 1.06. The number of aliphatic hydroxyl groups excluding tert-OH is 4. The third kappa shape index (κ3) is 5.42. The van der Waals surface area contributed by atoms with Gasteiger partial charge in [-0.2, -0.15) is 0 Å². The molecule has 20 heavy (non-hydrogen) atoms. The Balaban J connectivity index is 2.80. The number of hydrogen-bond donors (Lipinski definition) is 4. The lowest BCUT2D eigenvalue weighted by atomic mass is 10.0. The number of esters is 1. The molecule has 1 heterocycles. The van der Waals surface area contributed by atoms with Crippen LogP contribution in [0.25, 0.3) is 0 Å². The summed E-state index contributed by atoms with van der Waals surface area (Å²) in [6.45, 7) is 1.77. The molecule has 1 unspecified atom stereocenters. The molecule has 0 amide bonds. The summed E-state index contributed by atoms with van der Waals surface area (Å²) in [5.41, 5.74) is 0. The van der Waals surface area contributed by atoms with Gasteiger partial charge in [-0.05, 0) is 32.3 Å². The van der Waals surface area contributed by atoms with E-state index in [9.17, 15) is 25.2 Å². The Bertz CT molecular complexity index is 365. The van der Waals surface area contributed by atoms with E-state index in [1.807, 2.05) is 0 Å². The molecular weight excluding hydrogens is 264 g/mol. The van der Waals surface area contributed by atoms with Gasteiger partial charge in [0.05, 0.1) is 6.10 Å². The van der Waals surface area contributed by atoms with Crippen LogP contribution in [0.15, 0.2) is 24.3 Å². The highest BCUT2D eigenvalue weighted by Crippen LogP contribution is 2.11. The Morgan fingerprint density at radius 1 is 1.10 bits per heavy atom. The maximum Gasteiger partial charge on any atom is 0.330 e. The number of hydrogen-bond acceptors (Lipinski definition) is 6. The van der Waals surface area contributed by atoms with E-state index in [-0.39, 0.29) is 6.10 Å². The molecule has 0 aliphatic carbocycles. The largest absolute Gasteiger partial charge is 0.460 e. The normalized spacial score (nSPS) is 40.5. The monoisotopic (exact) mass is 286 g/mol. The fourth-order valence-corrected chi connectivity index (χ4v) is 1.86. The number of ether oxygens (including phenoxy) is 1. The van der Waals surface area contributed by atoms with E-state index < -0.39 is 30.4 Å². The number of cyclic esters (lactones) is 1. The van der Waals surface area contributed by atoms with Crippen molar-refractivity contribution in [3.8, 4) is 0 Å². The average molecular weight is 286 g/mol. The Morgan fingerprint density at radius 2 is 1.70 bits per heavy atom. The zero-order valence-electron chi connectivity index (χ0n) is 11.4. The van der Waals surface area contributed by atoms with Gasteiger partial charge in [-0.3, -0.25) is 0 Å². The molecule has 1 aliphatic rings. The Hall–Kier alpha value is -1.21. The Morgan fingerprint density at radius 3 is 2.35 bits per heavy atom. The summed E-state index contributed by atoms with van der Waals surface area (Å²) in [6, 6.07) is 0. The van der Waals surface area contributed by atoms with Crippen LogP contribution in [0, 0.1) is 0 Å². The quantitative estimate of drug-likeness (QED) is 0.358. The van der Waals surface area contributed by atoms with Gasteiger partial charge < -0.3 is 25.2 Å². The highest BCUT2D eigenvalue weighted by Gasteiger charge is 2.27. The third-order valence-electron chi connectivity index (χ3n) is 3.11. The van der Waals surface area contributed by atoms with E-state index in [2.05, 4.69) is 0 Å². The number of carbonyl (C=O) groups excluding carboxylic acids is 1. The molecule has 0 aromatic heterocycles. The molecule has 4 N–H and O–H groups in total. The smallest absolute Gasteiger partial charge is 0.330 e. The summed E-state index contributed by atoms with van der Waals surface area (Å²) in [7, 11) is 0. The minimum Gasteiger partial charge on any atom is -0.460 e. The predicted molar refractivity (Wildman–Crippen MR) is 71.7 cm³/mol. The first-order valence-corrected chi connectivity index (χ1v) is 6.69. The maximum absolute atomic E-state index is 11.4. The van der Waals surface area contributed by atoms with Crippen molar-refractivity contribution >= 4 is 5.97 Å². The molecule has 0 spiro atoms. The van der Waals surface area contributed by atoms with Crippen molar-refractivity contribution < 1.29 is 30.0 Å².